The van der Waals surface area contributed by atoms with Crippen LogP contribution >= 0.6 is 22.7 Å². The van der Waals surface area contributed by atoms with E-state index in [9.17, 15) is 10.1 Å². The van der Waals surface area contributed by atoms with Gasteiger partial charge in [0.15, 0.2) is 0 Å². The van der Waals surface area contributed by atoms with E-state index in [1.165, 1.54) is 21.4 Å². The number of hydrogen-bond acceptors (Lipinski definition) is 4. The van der Waals surface area contributed by atoms with E-state index in [2.05, 4.69) is 18.2 Å². The van der Waals surface area contributed by atoms with Crippen LogP contribution in [0, 0.1) is 10.1 Å². The van der Waals surface area contributed by atoms with Crippen LogP contribution in [-0.4, -0.2) is 4.92 Å². The molecule has 25 heavy (non-hydrogen) atoms. The lowest BCUT2D eigenvalue weighted by atomic mass is 10.0. The second-order valence-electron chi connectivity index (χ2n) is 5.82. The molecular weight excluding hydrogens is 350 g/mol. The summed E-state index contributed by atoms with van der Waals surface area (Å²) in [5.74, 6) is 0. The van der Waals surface area contributed by atoms with Gasteiger partial charge in [0.2, 0.25) is 0 Å². The van der Waals surface area contributed by atoms with Crippen LogP contribution in [0.1, 0.15) is 0 Å². The lowest BCUT2D eigenvalue weighted by Crippen LogP contribution is -1.87. The first-order valence-corrected chi connectivity index (χ1v) is 9.44. The van der Waals surface area contributed by atoms with Gasteiger partial charge in [0, 0.05) is 35.8 Å². The van der Waals surface area contributed by atoms with Crippen LogP contribution in [0.4, 0.5) is 5.00 Å². The molecule has 0 aliphatic heterocycles. The standard InChI is InChI=1S/C20H11NO2S2/c22-21(23)20-18(14-7-2-4-11-17(14)25-20)15-9-5-8-13-12-6-1-3-10-16(12)24-19(13)15/h1-11H. The third-order valence-electron chi connectivity index (χ3n) is 4.42. The van der Waals surface area contributed by atoms with Gasteiger partial charge in [-0.15, -0.1) is 11.3 Å². The minimum Gasteiger partial charge on any atom is -0.258 e. The molecule has 0 N–H and O–H groups in total. The normalized spacial score (nSPS) is 11.5. The highest BCUT2D eigenvalue weighted by atomic mass is 32.1. The van der Waals surface area contributed by atoms with Crippen molar-refractivity contribution in [3.63, 3.8) is 0 Å². The van der Waals surface area contributed by atoms with Crippen LogP contribution in [0.25, 0.3) is 41.4 Å². The van der Waals surface area contributed by atoms with Crippen molar-refractivity contribution in [3.8, 4) is 11.1 Å². The van der Waals surface area contributed by atoms with E-state index in [0.29, 0.717) is 0 Å². The average molecular weight is 361 g/mol. The van der Waals surface area contributed by atoms with Crippen LogP contribution in [0.3, 0.4) is 0 Å². The summed E-state index contributed by atoms with van der Waals surface area (Å²) in [5.41, 5.74) is 1.69. The molecule has 2 heterocycles. The van der Waals surface area contributed by atoms with E-state index < -0.39 is 0 Å². The van der Waals surface area contributed by atoms with E-state index in [0.717, 1.165) is 31.3 Å². The number of rotatable bonds is 2. The summed E-state index contributed by atoms with van der Waals surface area (Å²) >= 11 is 2.95. The lowest BCUT2D eigenvalue weighted by Gasteiger charge is -2.02. The van der Waals surface area contributed by atoms with Crippen LogP contribution in [0.2, 0.25) is 0 Å². The monoisotopic (exact) mass is 361 g/mol. The summed E-state index contributed by atoms with van der Waals surface area (Å²) in [6, 6.07) is 22.1. The zero-order valence-corrected chi connectivity index (χ0v) is 14.6. The predicted molar refractivity (Wildman–Crippen MR) is 107 cm³/mol. The maximum atomic E-state index is 11.7. The second-order valence-corrected chi connectivity index (χ2v) is 7.90. The Balaban J connectivity index is 1.95. The van der Waals surface area contributed by atoms with Gasteiger partial charge in [0.1, 0.15) is 0 Å². The highest BCUT2D eigenvalue weighted by Crippen LogP contribution is 2.48. The number of thiophene rings is 2. The van der Waals surface area contributed by atoms with Crippen LogP contribution in [-0.2, 0) is 0 Å². The van der Waals surface area contributed by atoms with Crippen molar-refractivity contribution < 1.29 is 4.92 Å². The number of hydrogen-bond donors (Lipinski definition) is 0. The first-order chi connectivity index (χ1) is 12.2. The molecule has 0 saturated heterocycles. The fraction of sp³-hybridized carbons (Fsp3) is 0. The van der Waals surface area contributed by atoms with E-state index in [-0.39, 0.29) is 9.92 Å². The Morgan fingerprint density at radius 2 is 1.36 bits per heavy atom. The fourth-order valence-corrected chi connectivity index (χ4v) is 5.62. The van der Waals surface area contributed by atoms with Gasteiger partial charge in [-0.25, -0.2) is 0 Å². The molecule has 5 aromatic rings. The summed E-state index contributed by atoms with van der Waals surface area (Å²) < 4.78 is 3.25. The molecule has 0 atom stereocenters. The van der Waals surface area contributed by atoms with Crippen LogP contribution in [0.15, 0.2) is 66.7 Å². The van der Waals surface area contributed by atoms with Gasteiger partial charge in [-0.05, 0) is 12.1 Å². The molecule has 0 amide bonds. The number of fused-ring (bicyclic) bond motifs is 4. The van der Waals surface area contributed by atoms with Gasteiger partial charge in [0.25, 0.3) is 0 Å². The number of nitrogens with zero attached hydrogens (tertiary/aromatic N) is 1. The smallest absolute Gasteiger partial charge is 0.258 e. The molecule has 0 spiro atoms. The molecule has 5 rings (SSSR count). The summed E-state index contributed by atoms with van der Waals surface area (Å²) in [7, 11) is 0. The molecule has 3 aromatic carbocycles. The van der Waals surface area contributed by atoms with Crippen molar-refractivity contribution in [2.45, 2.75) is 0 Å². The van der Waals surface area contributed by atoms with Gasteiger partial charge in [0.05, 0.1) is 10.5 Å². The third kappa shape index (κ3) is 2.10. The minimum atomic E-state index is -0.258. The Bertz CT molecular complexity index is 1280. The molecule has 0 unspecified atom stereocenters. The zero-order chi connectivity index (χ0) is 17.0. The number of nitro groups is 1. The van der Waals surface area contributed by atoms with Gasteiger partial charge >= 0.3 is 5.00 Å². The van der Waals surface area contributed by atoms with E-state index in [1.54, 1.807) is 11.3 Å². The van der Waals surface area contributed by atoms with Crippen LogP contribution in [0.5, 0.6) is 0 Å². The van der Waals surface area contributed by atoms with Crippen molar-refractivity contribution in [1.82, 2.24) is 0 Å². The van der Waals surface area contributed by atoms with E-state index in [1.807, 2.05) is 48.5 Å². The molecule has 0 fully saturated rings. The summed E-state index contributed by atoms with van der Waals surface area (Å²) in [6.45, 7) is 0. The zero-order valence-electron chi connectivity index (χ0n) is 12.9. The van der Waals surface area contributed by atoms with Crippen molar-refractivity contribution in [1.29, 1.82) is 0 Å². The maximum absolute atomic E-state index is 11.7. The van der Waals surface area contributed by atoms with Crippen molar-refractivity contribution >= 4 is 57.9 Å². The first kappa shape index (κ1) is 14.6. The summed E-state index contributed by atoms with van der Waals surface area (Å²) in [4.78, 5) is 11.4. The van der Waals surface area contributed by atoms with Crippen molar-refractivity contribution in [2.75, 3.05) is 0 Å². The highest BCUT2D eigenvalue weighted by molar-refractivity contribution is 7.26. The topological polar surface area (TPSA) is 43.1 Å². The average Bonchev–Trinajstić information content (AvgIpc) is 3.20. The Labute approximate surface area is 150 Å². The molecule has 0 aliphatic rings. The van der Waals surface area contributed by atoms with Gasteiger partial charge in [-0.1, -0.05) is 65.9 Å². The summed E-state index contributed by atoms with van der Waals surface area (Å²) in [6.07, 6.45) is 0. The maximum Gasteiger partial charge on any atom is 0.333 e. The first-order valence-electron chi connectivity index (χ1n) is 7.80. The highest BCUT2D eigenvalue weighted by Gasteiger charge is 2.24. The molecule has 0 radical (unpaired) electrons. The Morgan fingerprint density at radius 3 is 2.12 bits per heavy atom. The second kappa shape index (κ2) is 5.37. The van der Waals surface area contributed by atoms with Crippen molar-refractivity contribution in [3.05, 3.63) is 76.8 Å². The van der Waals surface area contributed by atoms with Crippen LogP contribution < -0.4 is 0 Å². The Hall–Kier alpha value is -2.76. The molecule has 0 bridgehead atoms. The quantitative estimate of drug-likeness (QED) is 0.255. The predicted octanol–water partition coefficient (Wildman–Crippen LogP) is 6.84. The SMILES string of the molecule is O=[N+]([O-])c1sc2ccccc2c1-c1cccc2c1sc1ccccc12. The van der Waals surface area contributed by atoms with Gasteiger partial charge < -0.3 is 0 Å². The molecule has 5 heteroatoms. The largest absolute Gasteiger partial charge is 0.333 e. The van der Waals surface area contributed by atoms with E-state index in [4.69, 9.17) is 0 Å². The Kier molecular flexibility index (Phi) is 3.13. The Morgan fingerprint density at radius 1 is 0.720 bits per heavy atom. The van der Waals surface area contributed by atoms with Gasteiger partial charge in [-0.2, -0.15) is 0 Å². The van der Waals surface area contributed by atoms with E-state index >= 15 is 0 Å². The lowest BCUT2D eigenvalue weighted by molar-refractivity contribution is -0.379. The van der Waals surface area contributed by atoms with Crippen molar-refractivity contribution in [2.24, 2.45) is 0 Å². The molecule has 0 saturated carbocycles. The third-order valence-corrected chi connectivity index (χ3v) is 6.76. The molecular formula is C20H11NO2S2. The van der Waals surface area contributed by atoms with Gasteiger partial charge in [-0.3, -0.25) is 10.1 Å². The fourth-order valence-electron chi connectivity index (χ4n) is 3.37. The number of benzene rings is 3. The molecule has 0 aliphatic carbocycles. The minimum absolute atomic E-state index is 0.214. The molecule has 120 valence electrons. The molecule has 2 aromatic heterocycles. The molecule has 3 nitrogen and oxygen atoms in total. The summed E-state index contributed by atoms with van der Waals surface area (Å²) in [5, 5.41) is 15.2.